The lowest BCUT2D eigenvalue weighted by molar-refractivity contribution is 0.339. The number of fused-ring (bicyclic) bond motifs is 1. The molecular weight excluding hydrogens is 288 g/mol. The molecule has 0 bridgehead atoms. The number of nitrogens with zero attached hydrogens (tertiary/aromatic N) is 1. The third kappa shape index (κ3) is 2.50. The summed E-state index contributed by atoms with van der Waals surface area (Å²) in [6.07, 6.45) is 0. The van der Waals surface area contributed by atoms with E-state index in [0.29, 0.717) is 23.6 Å². The molecule has 0 atom stereocenters. The number of anilines is 1. The Morgan fingerprint density at radius 1 is 1.10 bits per heavy atom. The number of hydrogen-bond acceptors (Lipinski definition) is 4. The largest absolute Gasteiger partial charge is 0.493 e. The summed E-state index contributed by atoms with van der Waals surface area (Å²) in [5.41, 5.74) is 1.14. The van der Waals surface area contributed by atoms with Gasteiger partial charge in [-0.15, -0.1) is 4.40 Å². The SMILES string of the molecule is CCOc1ccccc1C1=NS(=O)(=O)c2ccccc2N1. The second-order valence-corrected chi connectivity index (χ2v) is 6.04. The maximum atomic E-state index is 12.3. The van der Waals surface area contributed by atoms with Crippen LogP contribution >= 0.6 is 0 Å². The number of sulfonamides is 1. The van der Waals surface area contributed by atoms with Gasteiger partial charge in [0.25, 0.3) is 10.0 Å². The van der Waals surface area contributed by atoms with Gasteiger partial charge in [-0.3, -0.25) is 0 Å². The molecule has 0 saturated carbocycles. The monoisotopic (exact) mass is 302 g/mol. The number of benzene rings is 2. The molecule has 0 unspecified atom stereocenters. The van der Waals surface area contributed by atoms with E-state index < -0.39 is 10.0 Å². The summed E-state index contributed by atoms with van der Waals surface area (Å²) in [6.45, 7) is 2.37. The first-order valence-corrected chi connectivity index (χ1v) is 7.99. The van der Waals surface area contributed by atoms with Gasteiger partial charge in [0.1, 0.15) is 10.6 Å². The van der Waals surface area contributed by atoms with Crippen molar-refractivity contribution >= 4 is 21.5 Å². The Morgan fingerprint density at radius 3 is 2.62 bits per heavy atom. The maximum absolute atomic E-state index is 12.3. The van der Waals surface area contributed by atoms with E-state index in [9.17, 15) is 8.42 Å². The minimum absolute atomic E-state index is 0.183. The van der Waals surface area contributed by atoms with Gasteiger partial charge in [-0.2, -0.15) is 8.42 Å². The van der Waals surface area contributed by atoms with Crippen molar-refractivity contribution in [3.63, 3.8) is 0 Å². The Kier molecular flexibility index (Phi) is 3.39. The van der Waals surface area contributed by atoms with Crippen LogP contribution in [0.2, 0.25) is 0 Å². The molecule has 0 aliphatic carbocycles. The fourth-order valence-electron chi connectivity index (χ4n) is 2.17. The molecule has 0 radical (unpaired) electrons. The van der Waals surface area contributed by atoms with Gasteiger partial charge in [-0.05, 0) is 31.2 Å². The van der Waals surface area contributed by atoms with Crippen molar-refractivity contribution in [3.05, 3.63) is 54.1 Å². The van der Waals surface area contributed by atoms with Gasteiger partial charge < -0.3 is 10.1 Å². The molecule has 0 saturated heterocycles. The van der Waals surface area contributed by atoms with E-state index in [-0.39, 0.29) is 10.7 Å². The van der Waals surface area contributed by atoms with Gasteiger partial charge in [-0.1, -0.05) is 24.3 Å². The van der Waals surface area contributed by atoms with Crippen LogP contribution in [0.4, 0.5) is 5.69 Å². The highest BCUT2D eigenvalue weighted by molar-refractivity contribution is 7.90. The molecule has 1 N–H and O–H groups in total. The molecule has 6 heteroatoms. The molecule has 0 amide bonds. The quantitative estimate of drug-likeness (QED) is 0.946. The molecule has 1 heterocycles. The molecule has 1 aliphatic heterocycles. The number of amidine groups is 1. The molecule has 5 nitrogen and oxygen atoms in total. The van der Waals surface area contributed by atoms with Crippen LogP contribution in [0, 0.1) is 0 Å². The predicted octanol–water partition coefficient (Wildman–Crippen LogP) is 2.65. The summed E-state index contributed by atoms with van der Waals surface area (Å²) in [5.74, 6) is 0.874. The van der Waals surface area contributed by atoms with Crippen molar-refractivity contribution in [1.29, 1.82) is 0 Å². The summed E-state index contributed by atoms with van der Waals surface area (Å²) < 4.78 is 33.9. The molecule has 0 spiro atoms. The van der Waals surface area contributed by atoms with Crippen molar-refractivity contribution < 1.29 is 13.2 Å². The molecule has 21 heavy (non-hydrogen) atoms. The average molecular weight is 302 g/mol. The van der Waals surface area contributed by atoms with Crippen molar-refractivity contribution in [1.82, 2.24) is 0 Å². The Hall–Kier alpha value is -2.34. The van der Waals surface area contributed by atoms with E-state index in [2.05, 4.69) is 9.71 Å². The van der Waals surface area contributed by atoms with Crippen LogP contribution in [-0.4, -0.2) is 20.9 Å². The molecular formula is C15H14N2O3S. The lowest BCUT2D eigenvalue weighted by atomic mass is 10.1. The highest BCUT2D eigenvalue weighted by Crippen LogP contribution is 2.30. The Balaban J connectivity index is 2.12. The summed E-state index contributed by atoms with van der Waals surface area (Å²) in [5, 5.41) is 3.06. The standard InChI is InChI=1S/C15H14N2O3S/c1-2-20-13-9-5-3-7-11(13)15-16-12-8-4-6-10-14(12)21(18,19)17-15/h3-10H,2H2,1H3,(H,16,17). The van der Waals surface area contributed by atoms with E-state index in [0.717, 1.165) is 0 Å². The fraction of sp³-hybridized carbons (Fsp3) is 0.133. The molecule has 2 aromatic rings. The first-order valence-electron chi connectivity index (χ1n) is 6.55. The minimum Gasteiger partial charge on any atom is -0.493 e. The molecule has 2 aromatic carbocycles. The van der Waals surface area contributed by atoms with Crippen LogP contribution in [-0.2, 0) is 10.0 Å². The van der Waals surface area contributed by atoms with Crippen LogP contribution in [0.25, 0.3) is 0 Å². The predicted molar refractivity (Wildman–Crippen MR) is 81.4 cm³/mol. The minimum atomic E-state index is -3.70. The maximum Gasteiger partial charge on any atom is 0.286 e. The van der Waals surface area contributed by atoms with E-state index in [1.165, 1.54) is 6.07 Å². The van der Waals surface area contributed by atoms with Crippen LogP contribution in [0.1, 0.15) is 12.5 Å². The molecule has 0 aromatic heterocycles. The van der Waals surface area contributed by atoms with Gasteiger partial charge in [-0.25, -0.2) is 0 Å². The Morgan fingerprint density at radius 2 is 1.81 bits per heavy atom. The summed E-state index contributed by atoms with van der Waals surface area (Å²) >= 11 is 0. The topological polar surface area (TPSA) is 67.8 Å². The average Bonchev–Trinajstić information content (AvgIpc) is 2.47. The zero-order valence-electron chi connectivity index (χ0n) is 11.4. The van der Waals surface area contributed by atoms with Crippen molar-refractivity contribution in [3.8, 4) is 5.75 Å². The van der Waals surface area contributed by atoms with E-state index >= 15 is 0 Å². The summed E-state index contributed by atoms with van der Waals surface area (Å²) in [7, 11) is -3.70. The molecule has 0 fully saturated rings. The molecule has 1 aliphatic rings. The lowest BCUT2D eigenvalue weighted by Gasteiger charge is -2.19. The first-order chi connectivity index (χ1) is 10.1. The van der Waals surface area contributed by atoms with Crippen LogP contribution < -0.4 is 10.1 Å². The van der Waals surface area contributed by atoms with Gasteiger partial charge >= 0.3 is 0 Å². The van der Waals surface area contributed by atoms with Gasteiger partial charge in [0.2, 0.25) is 0 Å². The van der Waals surface area contributed by atoms with Gasteiger partial charge in [0, 0.05) is 0 Å². The van der Waals surface area contributed by atoms with E-state index in [4.69, 9.17) is 4.74 Å². The Labute approximate surface area is 123 Å². The van der Waals surface area contributed by atoms with Gasteiger partial charge in [0.15, 0.2) is 5.84 Å². The van der Waals surface area contributed by atoms with Crippen molar-refractivity contribution in [2.45, 2.75) is 11.8 Å². The lowest BCUT2D eigenvalue weighted by Crippen LogP contribution is -2.23. The third-order valence-electron chi connectivity index (χ3n) is 3.07. The second kappa shape index (κ2) is 5.21. The Bertz CT molecular complexity index is 813. The van der Waals surface area contributed by atoms with Crippen LogP contribution in [0.3, 0.4) is 0 Å². The fourth-order valence-corrected chi connectivity index (χ4v) is 3.30. The zero-order valence-corrected chi connectivity index (χ0v) is 12.2. The van der Waals surface area contributed by atoms with Crippen molar-refractivity contribution in [2.24, 2.45) is 4.40 Å². The third-order valence-corrected chi connectivity index (χ3v) is 4.41. The number of ether oxygens (including phenoxy) is 1. The number of rotatable bonds is 3. The normalized spacial score (nSPS) is 15.6. The van der Waals surface area contributed by atoms with Gasteiger partial charge in [0.05, 0.1) is 17.9 Å². The van der Waals surface area contributed by atoms with Crippen molar-refractivity contribution in [2.75, 3.05) is 11.9 Å². The number of para-hydroxylation sites is 2. The van der Waals surface area contributed by atoms with Crippen LogP contribution in [0.15, 0.2) is 57.8 Å². The molecule has 3 rings (SSSR count). The smallest absolute Gasteiger partial charge is 0.286 e. The number of nitrogens with one attached hydrogen (secondary N) is 1. The number of hydrogen-bond donors (Lipinski definition) is 1. The second-order valence-electron chi connectivity index (χ2n) is 4.47. The van der Waals surface area contributed by atoms with Crippen LogP contribution in [0.5, 0.6) is 5.75 Å². The highest BCUT2D eigenvalue weighted by Gasteiger charge is 2.26. The highest BCUT2D eigenvalue weighted by atomic mass is 32.2. The molecule has 108 valence electrons. The van der Waals surface area contributed by atoms with E-state index in [1.807, 2.05) is 19.1 Å². The zero-order chi connectivity index (χ0) is 14.9. The first kappa shape index (κ1) is 13.6. The van der Waals surface area contributed by atoms with E-state index in [1.54, 1.807) is 30.3 Å². The summed E-state index contributed by atoms with van der Waals surface area (Å²) in [4.78, 5) is 0.183. The summed E-state index contributed by atoms with van der Waals surface area (Å²) in [6, 6.07) is 13.9.